The molecule has 2 aromatic rings. The number of nitrogens with zero attached hydrogens (tertiary/aromatic N) is 3. The van der Waals surface area contributed by atoms with Crippen molar-refractivity contribution in [2.75, 3.05) is 13.1 Å². The highest BCUT2D eigenvalue weighted by Crippen LogP contribution is 2.19. The molecular weight excluding hydrogens is 431 g/mol. The van der Waals surface area contributed by atoms with Crippen molar-refractivity contribution in [3.05, 3.63) is 51.5 Å². The lowest BCUT2D eigenvalue weighted by Gasteiger charge is -2.31. The number of aliphatic imine (C=N–C) groups is 1. The smallest absolute Gasteiger partial charge is 0.194 e. The number of rotatable bonds is 4. The van der Waals surface area contributed by atoms with Gasteiger partial charge in [0.2, 0.25) is 0 Å². The summed E-state index contributed by atoms with van der Waals surface area (Å²) in [6, 6.07) is 8.70. The molecule has 1 aliphatic rings. The number of aryl methyl sites for hydroxylation is 1. The molecule has 1 aromatic heterocycles. The van der Waals surface area contributed by atoms with Crippen LogP contribution in [0, 0.1) is 0 Å². The number of nitrogens with one attached hydrogen (secondary N) is 1. The SMILES string of the molecule is CCNC(=NCc1csc(CC)n1)N1CCc2ccccc2C1.I. The Morgan fingerprint density at radius 3 is 2.79 bits per heavy atom. The van der Waals surface area contributed by atoms with Crippen molar-refractivity contribution in [1.82, 2.24) is 15.2 Å². The molecule has 0 spiro atoms. The molecule has 1 aromatic carbocycles. The lowest BCUT2D eigenvalue weighted by molar-refractivity contribution is 0.378. The molecule has 0 fully saturated rings. The molecule has 0 bridgehead atoms. The van der Waals surface area contributed by atoms with Crippen molar-refractivity contribution in [1.29, 1.82) is 0 Å². The summed E-state index contributed by atoms with van der Waals surface area (Å²) in [7, 11) is 0. The number of hydrogen-bond acceptors (Lipinski definition) is 3. The maximum Gasteiger partial charge on any atom is 0.194 e. The second kappa shape index (κ2) is 9.36. The average molecular weight is 456 g/mol. The van der Waals surface area contributed by atoms with Crippen LogP contribution in [0.5, 0.6) is 0 Å². The Morgan fingerprint density at radius 2 is 2.08 bits per heavy atom. The monoisotopic (exact) mass is 456 g/mol. The summed E-state index contributed by atoms with van der Waals surface area (Å²) < 4.78 is 0. The van der Waals surface area contributed by atoms with Crippen LogP contribution in [0.3, 0.4) is 0 Å². The van der Waals surface area contributed by atoms with Gasteiger partial charge in [-0.3, -0.25) is 0 Å². The highest BCUT2D eigenvalue weighted by Gasteiger charge is 2.18. The van der Waals surface area contributed by atoms with Crippen molar-refractivity contribution in [2.24, 2.45) is 4.99 Å². The second-order valence-corrected chi connectivity index (χ2v) is 6.64. The standard InChI is InChI=1S/C18H24N4S.HI/c1-3-17-21-16(13-23-17)11-20-18(19-4-2)22-10-9-14-7-5-6-8-15(14)12-22;/h5-8,13H,3-4,9-12H2,1-2H3,(H,19,20);1H. The van der Waals surface area contributed by atoms with Crippen LogP contribution in [0.25, 0.3) is 0 Å². The zero-order valence-electron chi connectivity index (χ0n) is 14.3. The Morgan fingerprint density at radius 1 is 1.29 bits per heavy atom. The van der Waals surface area contributed by atoms with Gasteiger partial charge in [0.1, 0.15) is 0 Å². The fourth-order valence-corrected chi connectivity index (χ4v) is 3.58. The maximum atomic E-state index is 4.80. The second-order valence-electron chi connectivity index (χ2n) is 5.70. The summed E-state index contributed by atoms with van der Waals surface area (Å²) in [5, 5.41) is 6.74. The van der Waals surface area contributed by atoms with Crippen LogP contribution in [-0.2, 0) is 25.9 Å². The van der Waals surface area contributed by atoms with E-state index >= 15 is 0 Å². The third kappa shape index (κ3) is 4.69. The van der Waals surface area contributed by atoms with E-state index in [1.54, 1.807) is 11.3 Å². The fraction of sp³-hybridized carbons (Fsp3) is 0.444. The topological polar surface area (TPSA) is 40.5 Å². The third-order valence-corrected chi connectivity index (χ3v) is 5.10. The van der Waals surface area contributed by atoms with E-state index in [0.29, 0.717) is 6.54 Å². The van der Waals surface area contributed by atoms with E-state index in [-0.39, 0.29) is 24.0 Å². The molecule has 0 aliphatic carbocycles. The third-order valence-electron chi connectivity index (χ3n) is 4.06. The number of aromatic nitrogens is 1. The summed E-state index contributed by atoms with van der Waals surface area (Å²) in [5.74, 6) is 0.994. The van der Waals surface area contributed by atoms with Gasteiger partial charge in [0.05, 0.1) is 17.2 Å². The Kier molecular flexibility index (Phi) is 7.48. The van der Waals surface area contributed by atoms with Crippen molar-refractivity contribution in [3.8, 4) is 0 Å². The molecule has 0 saturated carbocycles. The molecule has 1 N–H and O–H groups in total. The van der Waals surface area contributed by atoms with E-state index in [1.807, 2.05) is 0 Å². The van der Waals surface area contributed by atoms with Crippen LogP contribution in [0.1, 0.15) is 35.7 Å². The van der Waals surface area contributed by atoms with Gasteiger partial charge in [0, 0.05) is 25.0 Å². The van der Waals surface area contributed by atoms with E-state index in [4.69, 9.17) is 4.99 Å². The van der Waals surface area contributed by atoms with Crippen LogP contribution >= 0.6 is 35.3 Å². The van der Waals surface area contributed by atoms with E-state index in [0.717, 1.165) is 44.1 Å². The number of thiazole rings is 1. The first kappa shape index (κ1) is 19.2. The van der Waals surface area contributed by atoms with E-state index < -0.39 is 0 Å². The van der Waals surface area contributed by atoms with Crippen LogP contribution in [-0.4, -0.2) is 28.9 Å². The highest BCUT2D eigenvalue weighted by atomic mass is 127. The minimum atomic E-state index is 0. The lowest BCUT2D eigenvalue weighted by atomic mass is 10.0. The van der Waals surface area contributed by atoms with Crippen molar-refractivity contribution >= 4 is 41.3 Å². The Hall–Kier alpha value is -1.15. The number of halogens is 1. The molecule has 2 heterocycles. The molecule has 3 rings (SSSR count). The van der Waals surface area contributed by atoms with Gasteiger partial charge in [-0.2, -0.15) is 0 Å². The minimum Gasteiger partial charge on any atom is -0.356 e. The van der Waals surface area contributed by atoms with E-state index in [1.165, 1.54) is 16.1 Å². The van der Waals surface area contributed by atoms with Gasteiger partial charge in [-0.15, -0.1) is 35.3 Å². The molecule has 0 radical (unpaired) electrons. The van der Waals surface area contributed by atoms with Crippen molar-refractivity contribution in [2.45, 2.75) is 39.8 Å². The molecule has 0 atom stereocenters. The van der Waals surface area contributed by atoms with E-state index in [2.05, 4.69) is 58.7 Å². The molecule has 24 heavy (non-hydrogen) atoms. The molecule has 1 aliphatic heterocycles. The number of fused-ring (bicyclic) bond motifs is 1. The fourth-order valence-electron chi connectivity index (χ4n) is 2.84. The quantitative estimate of drug-likeness (QED) is 0.432. The summed E-state index contributed by atoms with van der Waals surface area (Å²) in [4.78, 5) is 11.8. The number of guanidine groups is 1. The number of hydrogen-bond donors (Lipinski definition) is 1. The molecule has 0 unspecified atom stereocenters. The van der Waals surface area contributed by atoms with Crippen LogP contribution in [0.2, 0.25) is 0 Å². The lowest BCUT2D eigenvalue weighted by Crippen LogP contribution is -2.44. The summed E-state index contributed by atoms with van der Waals surface area (Å²) in [6.07, 6.45) is 2.08. The Labute approximate surface area is 165 Å². The zero-order valence-corrected chi connectivity index (χ0v) is 17.4. The predicted molar refractivity (Wildman–Crippen MR) is 112 cm³/mol. The van der Waals surface area contributed by atoms with Gasteiger partial charge in [-0.25, -0.2) is 9.98 Å². The van der Waals surface area contributed by atoms with Crippen LogP contribution in [0.15, 0.2) is 34.6 Å². The Balaban J connectivity index is 0.00000208. The number of benzene rings is 1. The highest BCUT2D eigenvalue weighted by molar-refractivity contribution is 14.0. The van der Waals surface area contributed by atoms with E-state index in [9.17, 15) is 0 Å². The van der Waals surface area contributed by atoms with Crippen molar-refractivity contribution in [3.63, 3.8) is 0 Å². The zero-order chi connectivity index (χ0) is 16.1. The molecule has 0 amide bonds. The summed E-state index contributed by atoms with van der Waals surface area (Å²) >= 11 is 1.73. The van der Waals surface area contributed by atoms with Crippen LogP contribution < -0.4 is 5.32 Å². The Bertz CT molecular complexity index is 683. The van der Waals surface area contributed by atoms with Gasteiger partial charge < -0.3 is 10.2 Å². The van der Waals surface area contributed by atoms with Gasteiger partial charge in [-0.05, 0) is 30.9 Å². The largest absolute Gasteiger partial charge is 0.356 e. The predicted octanol–water partition coefficient (Wildman–Crippen LogP) is 3.85. The normalized spacial score (nSPS) is 14.1. The minimum absolute atomic E-state index is 0. The molecule has 130 valence electrons. The van der Waals surface area contributed by atoms with Crippen LogP contribution in [0.4, 0.5) is 0 Å². The van der Waals surface area contributed by atoms with Crippen molar-refractivity contribution < 1.29 is 0 Å². The van der Waals surface area contributed by atoms with Gasteiger partial charge in [-0.1, -0.05) is 31.2 Å². The average Bonchev–Trinajstić information content (AvgIpc) is 3.06. The van der Waals surface area contributed by atoms with Gasteiger partial charge in [0.15, 0.2) is 5.96 Å². The molecule has 6 heteroatoms. The first-order valence-electron chi connectivity index (χ1n) is 8.33. The maximum absolute atomic E-state index is 4.80. The molecule has 0 saturated heterocycles. The molecule has 4 nitrogen and oxygen atoms in total. The summed E-state index contributed by atoms with van der Waals surface area (Å²) in [6.45, 7) is 7.73. The first-order chi connectivity index (χ1) is 11.3. The van der Waals surface area contributed by atoms with Gasteiger partial charge >= 0.3 is 0 Å². The van der Waals surface area contributed by atoms with Gasteiger partial charge in [0.25, 0.3) is 0 Å². The first-order valence-corrected chi connectivity index (χ1v) is 9.21. The summed E-state index contributed by atoms with van der Waals surface area (Å²) in [5.41, 5.74) is 3.94. The molecular formula is C18H25IN4S.